The molecule has 1 aliphatic heterocycles. The summed E-state index contributed by atoms with van der Waals surface area (Å²) < 4.78 is 2.01. The van der Waals surface area contributed by atoms with E-state index in [-0.39, 0.29) is 11.8 Å². The number of nitriles is 1. The Hall–Kier alpha value is -1.87. The van der Waals surface area contributed by atoms with Gasteiger partial charge in [0.15, 0.2) is 0 Å². The van der Waals surface area contributed by atoms with Gasteiger partial charge < -0.3 is 14.8 Å². The topological polar surface area (TPSA) is 74.0 Å². The Morgan fingerprint density at radius 3 is 2.86 bits per heavy atom. The van der Waals surface area contributed by atoms with Crippen molar-refractivity contribution < 1.29 is 4.79 Å². The van der Waals surface area contributed by atoms with E-state index >= 15 is 0 Å². The van der Waals surface area contributed by atoms with Gasteiger partial charge in [0, 0.05) is 44.4 Å². The number of aromatic nitrogens is 2. The third kappa shape index (κ3) is 5.20. The van der Waals surface area contributed by atoms with Gasteiger partial charge in [-0.15, -0.1) is 0 Å². The number of carbonyl (C=O) groups excluding carboxylic acids is 1. The number of nitrogens with one attached hydrogen (secondary N) is 1. The molecule has 2 heterocycles. The van der Waals surface area contributed by atoms with E-state index in [4.69, 9.17) is 5.26 Å². The second-order valence-electron chi connectivity index (χ2n) is 5.47. The molecule has 1 aliphatic rings. The Morgan fingerprint density at radius 1 is 1.38 bits per heavy atom. The number of hydrogen-bond acceptors (Lipinski definition) is 4. The summed E-state index contributed by atoms with van der Waals surface area (Å²) in [7, 11) is 0. The summed E-state index contributed by atoms with van der Waals surface area (Å²) in [5.74, 6) is 0.317. The summed E-state index contributed by atoms with van der Waals surface area (Å²) in [6.07, 6.45) is 8.78. The summed E-state index contributed by atoms with van der Waals surface area (Å²) in [5.41, 5.74) is 0. The van der Waals surface area contributed by atoms with E-state index in [0.29, 0.717) is 13.0 Å². The van der Waals surface area contributed by atoms with Crippen LogP contribution in [0.1, 0.15) is 25.7 Å². The Morgan fingerprint density at radius 2 is 2.19 bits per heavy atom. The van der Waals surface area contributed by atoms with E-state index in [1.165, 1.54) is 0 Å². The molecule has 0 saturated carbocycles. The maximum atomic E-state index is 12.1. The van der Waals surface area contributed by atoms with Gasteiger partial charge in [0.05, 0.1) is 12.4 Å². The molecule has 0 bridgehead atoms. The zero-order chi connectivity index (χ0) is 14.9. The Bertz CT molecular complexity index is 457. The third-order valence-corrected chi connectivity index (χ3v) is 3.95. The highest BCUT2D eigenvalue weighted by molar-refractivity contribution is 5.78. The molecule has 6 heteroatoms. The standard InChI is InChI=1S/C15H23N5O/c16-5-1-8-19-10-3-14(4-11-19)15(21)18-6-2-9-20-12-7-17-13-20/h7,12-14H,1-4,6,8-11H2,(H,18,21). The van der Waals surface area contributed by atoms with Crippen LogP contribution in [0.5, 0.6) is 0 Å². The zero-order valence-electron chi connectivity index (χ0n) is 12.4. The number of piperidine rings is 1. The van der Waals surface area contributed by atoms with Gasteiger partial charge in [-0.2, -0.15) is 5.26 Å². The quantitative estimate of drug-likeness (QED) is 0.760. The highest BCUT2D eigenvalue weighted by Crippen LogP contribution is 2.17. The first kappa shape index (κ1) is 15.5. The lowest BCUT2D eigenvalue weighted by atomic mass is 9.96. The fraction of sp³-hybridized carbons (Fsp3) is 0.667. The van der Waals surface area contributed by atoms with E-state index in [0.717, 1.165) is 45.4 Å². The molecule has 6 nitrogen and oxygen atoms in total. The first-order valence-electron chi connectivity index (χ1n) is 7.62. The van der Waals surface area contributed by atoms with Crippen molar-refractivity contribution in [3.05, 3.63) is 18.7 Å². The van der Waals surface area contributed by atoms with E-state index in [1.54, 1.807) is 12.5 Å². The summed E-state index contributed by atoms with van der Waals surface area (Å²) >= 11 is 0. The lowest BCUT2D eigenvalue weighted by Gasteiger charge is -2.30. The molecule has 21 heavy (non-hydrogen) atoms. The molecule has 0 spiro atoms. The average molecular weight is 289 g/mol. The fourth-order valence-electron chi connectivity index (χ4n) is 2.66. The minimum atomic E-state index is 0.136. The van der Waals surface area contributed by atoms with Crippen LogP contribution in [0.3, 0.4) is 0 Å². The molecule has 1 aromatic rings. The molecule has 1 saturated heterocycles. The molecular weight excluding hydrogens is 266 g/mol. The van der Waals surface area contributed by atoms with Crippen molar-refractivity contribution in [2.24, 2.45) is 5.92 Å². The predicted octanol–water partition coefficient (Wildman–Crippen LogP) is 1.02. The molecule has 1 N–H and O–H groups in total. The van der Waals surface area contributed by atoms with Crippen LogP contribution in [0.4, 0.5) is 0 Å². The molecule has 0 atom stereocenters. The molecule has 114 valence electrons. The first-order chi connectivity index (χ1) is 10.3. The molecule has 0 aromatic carbocycles. The van der Waals surface area contributed by atoms with Gasteiger partial charge in [-0.25, -0.2) is 4.98 Å². The fourth-order valence-corrected chi connectivity index (χ4v) is 2.66. The maximum absolute atomic E-state index is 12.1. The van der Waals surface area contributed by atoms with E-state index in [9.17, 15) is 4.79 Å². The largest absolute Gasteiger partial charge is 0.356 e. The third-order valence-electron chi connectivity index (χ3n) is 3.95. The minimum absolute atomic E-state index is 0.136. The van der Waals surface area contributed by atoms with Crippen molar-refractivity contribution in [3.63, 3.8) is 0 Å². The number of nitrogens with zero attached hydrogens (tertiary/aromatic N) is 4. The molecule has 0 radical (unpaired) electrons. The lowest BCUT2D eigenvalue weighted by molar-refractivity contribution is -0.126. The van der Waals surface area contributed by atoms with Crippen LogP contribution in [0, 0.1) is 17.2 Å². The highest BCUT2D eigenvalue weighted by atomic mass is 16.1. The van der Waals surface area contributed by atoms with E-state index in [1.807, 2.05) is 10.8 Å². The second-order valence-corrected chi connectivity index (χ2v) is 5.47. The number of aryl methyl sites for hydroxylation is 1. The van der Waals surface area contributed by atoms with Crippen molar-refractivity contribution in [2.75, 3.05) is 26.2 Å². The van der Waals surface area contributed by atoms with Gasteiger partial charge in [-0.05, 0) is 32.4 Å². The summed E-state index contributed by atoms with van der Waals surface area (Å²) in [6.45, 7) is 4.28. The van der Waals surface area contributed by atoms with Crippen molar-refractivity contribution in [2.45, 2.75) is 32.2 Å². The van der Waals surface area contributed by atoms with Gasteiger partial charge in [0.25, 0.3) is 0 Å². The lowest BCUT2D eigenvalue weighted by Crippen LogP contribution is -2.41. The Kier molecular flexibility index (Phi) is 6.22. The second kappa shape index (κ2) is 8.42. The molecular formula is C15H23N5O. The van der Waals surface area contributed by atoms with Gasteiger partial charge in [-0.1, -0.05) is 0 Å². The number of imidazole rings is 1. The first-order valence-corrected chi connectivity index (χ1v) is 7.62. The van der Waals surface area contributed by atoms with Crippen LogP contribution in [0.25, 0.3) is 0 Å². The van der Waals surface area contributed by atoms with Crippen LogP contribution in [0.2, 0.25) is 0 Å². The normalized spacial score (nSPS) is 16.5. The average Bonchev–Trinajstić information content (AvgIpc) is 3.03. The van der Waals surface area contributed by atoms with Crippen LogP contribution in [-0.4, -0.2) is 46.5 Å². The van der Waals surface area contributed by atoms with Crippen LogP contribution < -0.4 is 5.32 Å². The zero-order valence-corrected chi connectivity index (χ0v) is 12.4. The number of rotatable bonds is 7. The van der Waals surface area contributed by atoms with Gasteiger partial charge in [0.2, 0.25) is 5.91 Å². The van der Waals surface area contributed by atoms with Gasteiger partial charge in [0.1, 0.15) is 0 Å². The summed E-state index contributed by atoms with van der Waals surface area (Å²) in [4.78, 5) is 18.3. The Labute approximate surface area is 125 Å². The molecule has 2 rings (SSSR count). The molecule has 1 fully saturated rings. The smallest absolute Gasteiger partial charge is 0.223 e. The van der Waals surface area contributed by atoms with Crippen molar-refractivity contribution in [3.8, 4) is 6.07 Å². The number of amides is 1. The van der Waals surface area contributed by atoms with Gasteiger partial charge >= 0.3 is 0 Å². The van der Waals surface area contributed by atoms with E-state index in [2.05, 4.69) is 21.3 Å². The predicted molar refractivity (Wildman–Crippen MR) is 79.2 cm³/mol. The minimum Gasteiger partial charge on any atom is -0.356 e. The van der Waals surface area contributed by atoms with Crippen LogP contribution >= 0.6 is 0 Å². The van der Waals surface area contributed by atoms with Gasteiger partial charge in [-0.3, -0.25) is 4.79 Å². The van der Waals surface area contributed by atoms with Crippen molar-refractivity contribution in [1.29, 1.82) is 5.26 Å². The highest BCUT2D eigenvalue weighted by Gasteiger charge is 2.24. The summed E-state index contributed by atoms with van der Waals surface area (Å²) in [5, 5.41) is 11.6. The Balaban J connectivity index is 1.58. The SMILES string of the molecule is N#CCCN1CCC(C(=O)NCCCn2ccnc2)CC1. The number of likely N-dealkylation sites (tertiary alicyclic amines) is 1. The maximum Gasteiger partial charge on any atom is 0.223 e. The van der Waals surface area contributed by atoms with E-state index < -0.39 is 0 Å². The monoisotopic (exact) mass is 289 g/mol. The number of hydrogen-bond donors (Lipinski definition) is 1. The molecule has 1 aromatic heterocycles. The van der Waals surface area contributed by atoms with Crippen LogP contribution in [0.15, 0.2) is 18.7 Å². The number of carbonyl (C=O) groups is 1. The molecule has 1 amide bonds. The van der Waals surface area contributed by atoms with Crippen molar-refractivity contribution >= 4 is 5.91 Å². The molecule has 0 aliphatic carbocycles. The summed E-state index contributed by atoms with van der Waals surface area (Å²) in [6, 6.07) is 2.17. The van der Waals surface area contributed by atoms with Crippen LogP contribution in [-0.2, 0) is 11.3 Å². The molecule has 0 unspecified atom stereocenters. The van der Waals surface area contributed by atoms with Crippen molar-refractivity contribution in [1.82, 2.24) is 19.8 Å².